The Morgan fingerprint density at radius 3 is 2.56 bits per heavy atom. The van der Waals surface area contributed by atoms with E-state index in [1.807, 2.05) is 0 Å². The summed E-state index contributed by atoms with van der Waals surface area (Å²) in [6.07, 6.45) is 0. The largest absolute Gasteiger partial charge is 0.347 e. The number of carbonyl (C=O) groups excluding carboxylic acids is 1. The smallest absolute Gasteiger partial charge is 0.307 e. The molecule has 0 atom stereocenters. The molecule has 0 fully saturated rings. The number of hydrogen-bond donors (Lipinski definition) is 1. The van der Waals surface area contributed by atoms with Crippen LogP contribution in [-0.2, 0) is 0 Å². The van der Waals surface area contributed by atoms with Gasteiger partial charge in [-0.25, -0.2) is 4.39 Å². The van der Waals surface area contributed by atoms with E-state index in [2.05, 4.69) is 27.8 Å². The predicted octanol–water partition coefficient (Wildman–Crippen LogP) is 2.51. The highest BCUT2D eigenvalue weighted by molar-refractivity contribution is 9.11. The fourth-order valence-electron chi connectivity index (χ4n) is 1.12. The van der Waals surface area contributed by atoms with Gasteiger partial charge in [0.05, 0.1) is 16.6 Å². The zero-order valence-electron chi connectivity index (χ0n) is 8.87. The van der Waals surface area contributed by atoms with Gasteiger partial charge in [0.25, 0.3) is 5.91 Å². The lowest BCUT2D eigenvalue weighted by Gasteiger charge is -2.05. The molecule has 0 aromatic heterocycles. The average molecular weight is 321 g/mol. The molecule has 0 bridgehead atoms. The van der Waals surface area contributed by atoms with Crippen molar-refractivity contribution in [1.29, 1.82) is 0 Å². The molecule has 0 saturated heterocycles. The van der Waals surface area contributed by atoms with Crippen LogP contribution in [0.4, 0.5) is 14.5 Å². The van der Waals surface area contributed by atoms with Gasteiger partial charge in [0.1, 0.15) is 5.82 Å². The van der Waals surface area contributed by atoms with Crippen LogP contribution in [0.5, 0.6) is 0 Å². The van der Waals surface area contributed by atoms with E-state index in [4.69, 9.17) is 0 Å². The summed E-state index contributed by atoms with van der Waals surface area (Å²) >= 11 is 2.97. The van der Waals surface area contributed by atoms with Crippen molar-refractivity contribution in [3.8, 4) is 0 Å². The summed E-state index contributed by atoms with van der Waals surface area (Å²) in [6, 6.07) is 0.854. The molecule has 0 aliphatic carbocycles. The number of nitrogens with zero attached hydrogens (tertiary/aromatic N) is 1. The van der Waals surface area contributed by atoms with E-state index in [0.29, 0.717) is 16.6 Å². The Hall–Kier alpha value is -1.83. The maximum atomic E-state index is 13.4. The number of carbonyl (C=O) groups is 1. The molecule has 5 nitrogen and oxygen atoms in total. The minimum Gasteiger partial charge on any atom is -0.347 e. The Morgan fingerprint density at radius 2 is 2.06 bits per heavy atom. The van der Waals surface area contributed by atoms with Gasteiger partial charge in [-0.05, 0) is 6.07 Å². The van der Waals surface area contributed by atoms with Crippen molar-refractivity contribution in [3.05, 3.63) is 50.5 Å². The number of benzene rings is 1. The van der Waals surface area contributed by atoms with Gasteiger partial charge < -0.3 is 5.32 Å². The van der Waals surface area contributed by atoms with Gasteiger partial charge in [0.15, 0.2) is 0 Å². The molecule has 0 saturated carbocycles. The summed E-state index contributed by atoms with van der Waals surface area (Å²) in [6.45, 7) is 3.47. The number of nitro benzene ring substituents is 1. The average Bonchev–Trinajstić information content (AvgIpc) is 2.28. The van der Waals surface area contributed by atoms with Crippen LogP contribution in [0.1, 0.15) is 10.4 Å². The van der Waals surface area contributed by atoms with Crippen LogP contribution in [-0.4, -0.2) is 17.4 Å². The Morgan fingerprint density at radius 1 is 1.44 bits per heavy atom. The molecular weight excluding hydrogens is 314 g/mol. The second-order valence-corrected chi connectivity index (χ2v) is 4.36. The van der Waals surface area contributed by atoms with E-state index in [-0.39, 0.29) is 6.54 Å². The Labute approximate surface area is 109 Å². The molecule has 0 spiro atoms. The number of nitrogens with one attached hydrogen (secondary N) is 1. The zero-order valence-corrected chi connectivity index (χ0v) is 10.5. The molecule has 96 valence electrons. The Kier molecular flexibility index (Phi) is 4.49. The second kappa shape index (κ2) is 5.67. The van der Waals surface area contributed by atoms with Crippen LogP contribution in [0.15, 0.2) is 23.2 Å². The molecule has 0 aliphatic rings. The topological polar surface area (TPSA) is 72.2 Å². The monoisotopic (exact) mass is 320 g/mol. The van der Waals surface area contributed by atoms with Gasteiger partial charge >= 0.3 is 5.69 Å². The first-order valence-corrected chi connectivity index (χ1v) is 5.37. The van der Waals surface area contributed by atoms with Crippen molar-refractivity contribution in [3.63, 3.8) is 0 Å². The van der Waals surface area contributed by atoms with Crippen molar-refractivity contribution in [1.82, 2.24) is 5.32 Å². The number of halogens is 3. The molecule has 0 radical (unpaired) electrons. The van der Waals surface area contributed by atoms with E-state index in [1.165, 1.54) is 0 Å². The number of rotatable bonds is 4. The summed E-state index contributed by atoms with van der Waals surface area (Å²) in [4.78, 5) is 20.7. The first-order valence-electron chi connectivity index (χ1n) is 4.58. The molecule has 1 N–H and O–H groups in total. The first kappa shape index (κ1) is 14.2. The highest BCUT2D eigenvalue weighted by atomic mass is 79.9. The van der Waals surface area contributed by atoms with Gasteiger partial charge in [0, 0.05) is 11.0 Å². The van der Waals surface area contributed by atoms with Crippen molar-refractivity contribution < 1.29 is 18.5 Å². The number of nitro groups is 1. The Bertz CT molecular complexity index is 534. The third-order valence-corrected chi connectivity index (χ3v) is 2.20. The minimum atomic E-state index is -1.27. The van der Waals surface area contributed by atoms with E-state index in [0.717, 1.165) is 0 Å². The van der Waals surface area contributed by atoms with E-state index in [9.17, 15) is 23.7 Å². The maximum absolute atomic E-state index is 13.4. The lowest BCUT2D eigenvalue weighted by atomic mass is 10.1. The van der Waals surface area contributed by atoms with Gasteiger partial charge in [-0.2, -0.15) is 4.39 Å². The van der Waals surface area contributed by atoms with E-state index in [1.54, 1.807) is 0 Å². The summed E-state index contributed by atoms with van der Waals surface area (Å²) in [7, 11) is 0. The molecular formula is C10H7BrF2N2O3. The van der Waals surface area contributed by atoms with Gasteiger partial charge in [-0.3, -0.25) is 14.9 Å². The van der Waals surface area contributed by atoms with Crippen LogP contribution in [0.2, 0.25) is 0 Å². The normalized spacial score (nSPS) is 9.94. The van der Waals surface area contributed by atoms with Crippen molar-refractivity contribution in [2.24, 2.45) is 0 Å². The number of hydrogen-bond acceptors (Lipinski definition) is 3. The molecule has 18 heavy (non-hydrogen) atoms. The quantitative estimate of drug-likeness (QED) is 0.684. The van der Waals surface area contributed by atoms with Crippen molar-refractivity contribution >= 4 is 27.5 Å². The van der Waals surface area contributed by atoms with Crippen molar-refractivity contribution in [2.75, 3.05) is 6.54 Å². The SMILES string of the molecule is C=C(Br)CNC(=O)c1cc(F)c([N+](=O)[O-])cc1F. The second-order valence-electron chi connectivity index (χ2n) is 3.24. The lowest BCUT2D eigenvalue weighted by molar-refractivity contribution is -0.387. The standard InChI is InChI=1S/C10H7BrF2N2O3/c1-5(11)4-14-10(16)6-2-8(13)9(15(17)18)3-7(6)12/h2-3H,1,4H2,(H,14,16). The molecule has 1 aromatic rings. The number of amides is 1. The van der Waals surface area contributed by atoms with Crippen LogP contribution in [0.3, 0.4) is 0 Å². The molecule has 0 unspecified atom stereocenters. The molecule has 8 heteroatoms. The summed E-state index contributed by atoms with van der Waals surface area (Å²) in [5.41, 5.74) is -1.62. The van der Waals surface area contributed by atoms with E-state index >= 15 is 0 Å². The van der Waals surface area contributed by atoms with Gasteiger partial charge in [-0.1, -0.05) is 22.5 Å². The minimum absolute atomic E-state index is 0.0247. The zero-order chi connectivity index (χ0) is 13.9. The van der Waals surface area contributed by atoms with E-state index < -0.39 is 33.7 Å². The van der Waals surface area contributed by atoms with Gasteiger partial charge in [-0.15, -0.1) is 0 Å². The molecule has 1 rings (SSSR count). The molecule has 1 aromatic carbocycles. The fraction of sp³-hybridized carbons (Fsp3) is 0.100. The van der Waals surface area contributed by atoms with Crippen molar-refractivity contribution in [2.45, 2.75) is 0 Å². The fourth-order valence-corrected chi connectivity index (χ4v) is 1.26. The first-order chi connectivity index (χ1) is 8.32. The molecule has 0 heterocycles. The highest BCUT2D eigenvalue weighted by Crippen LogP contribution is 2.21. The van der Waals surface area contributed by atoms with Crippen LogP contribution < -0.4 is 5.32 Å². The van der Waals surface area contributed by atoms with Crippen LogP contribution in [0.25, 0.3) is 0 Å². The Balaban J connectivity index is 3.04. The van der Waals surface area contributed by atoms with Gasteiger partial charge in [0.2, 0.25) is 5.82 Å². The lowest BCUT2D eigenvalue weighted by Crippen LogP contribution is -2.25. The maximum Gasteiger partial charge on any atom is 0.307 e. The third-order valence-electron chi connectivity index (χ3n) is 1.92. The van der Waals surface area contributed by atoms with Crippen LogP contribution in [0, 0.1) is 21.7 Å². The molecule has 1 amide bonds. The summed E-state index contributed by atoms with van der Waals surface area (Å²) in [5, 5.41) is 12.6. The van der Waals surface area contributed by atoms with Crippen LogP contribution >= 0.6 is 15.9 Å². The predicted molar refractivity (Wildman–Crippen MR) is 63.4 cm³/mol. The summed E-state index contributed by atoms with van der Waals surface area (Å²) < 4.78 is 27.1. The summed E-state index contributed by atoms with van der Waals surface area (Å²) in [5.74, 6) is -3.33. The third kappa shape index (κ3) is 3.33. The highest BCUT2D eigenvalue weighted by Gasteiger charge is 2.21. The molecule has 0 aliphatic heterocycles.